The molecule has 30 heavy (non-hydrogen) atoms. The first kappa shape index (κ1) is 19.1. The summed E-state index contributed by atoms with van der Waals surface area (Å²) in [4.78, 5) is 0. The molecule has 2 aliphatic heterocycles. The van der Waals surface area contributed by atoms with Crippen LogP contribution in [0.4, 0.5) is 0 Å². The summed E-state index contributed by atoms with van der Waals surface area (Å²) in [5, 5.41) is 2.77. The van der Waals surface area contributed by atoms with Crippen LogP contribution in [-0.2, 0) is 0 Å². The Morgan fingerprint density at radius 2 is 2.00 bits per heavy atom. The van der Waals surface area contributed by atoms with E-state index in [2.05, 4.69) is 35.6 Å². The number of fused-ring (bicyclic) bond motifs is 3. The molecular weight excluding hydrogens is 400 g/mol. The maximum absolute atomic E-state index is 6.39. The van der Waals surface area contributed by atoms with E-state index < -0.39 is 0 Å². The quantitative estimate of drug-likeness (QED) is 0.486. The van der Waals surface area contributed by atoms with Gasteiger partial charge in [-0.15, -0.1) is 0 Å². The number of nitrogens with one attached hydrogen (secondary N) is 1. The Morgan fingerprint density at radius 3 is 2.77 bits per heavy atom. The van der Waals surface area contributed by atoms with Crippen molar-refractivity contribution in [1.29, 1.82) is 0 Å². The number of rotatable bonds is 6. The number of benzene rings is 2. The number of unbranched alkanes of at least 4 members (excludes halogenated alkanes) is 1. The Balaban J connectivity index is 1.46. The van der Waals surface area contributed by atoms with Crippen LogP contribution in [0.15, 0.2) is 71.4 Å². The van der Waals surface area contributed by atoms with Gasteiger partial charge in [-0.25, -0.2) is 0 Å². The number of hydrazine groups is 1. The van der Waals surface area contributed by atoms with Crippen molar-refractivity contribution < 1.29 is 13.9 Å². The van der Waals surface area contributed by atoms with E-state index in [4.69, 9.17) is 25.5 Å². The number of ether oxygens (including phenoxy) is 2. The maximum Gasteiger partial charge on any atom is 0.195 e. The summed E-state index contributed by atoms with van der Waals surface area (Å²) in [6.07, 6.45) is 5.67. The van der Waals surface area contributed by atoms with Crippen LogP contribution in [-0.4, -0.2) is 11.6 Å². The average Bonchev–Trinajstić information content (AvgIpc) is 3.44. The van der Waals surface area contributed by atoms with Gasteiger partial charge in [0.2, 0.25) is 0 Å². The first-order valence-electron chi connectivity index (χ1n) is 10.2. The van der Waals surface area contributed by atoms with Crippen LogP contribution >= 0.6 is 11.6 Å². The van der Waals surface area contributed by atoms with Crippen molar-refractivity contribution in [1.82, 2.24) is 10.4 Å². The van der Waals surface area contributed by atoms with Crippen molar-refractivity contribution >= 4 is 17.3 Å². The van der Waals surface area contributed by atoms with Crippen molar-refractivity contribution in [3.8, 4) is 11.5 Å². The number of furan rings is 1. The molecule has 1 aromatic heterocycles. The smallest absolute Gasteiger partial charge is 0.195 e. The third kappa shape index (κ3) is 3.55. The number of hydrogen-bond donors (Lipinski definition) is 1. The van der Waals surface area contributed by atoms with Crippen LogP contribution in [0.2, 0.25) is 5.02 Å². The van der Waals surface area contributed by atoms with Gasteiger partial charge in [0.05, 0.1) is 24.6 Å². The van der Waals surface area contributed by atoms with Crippen LogP contribution in [0.1, 0.15) is 48.9 Å². The highest BCUT2D eigenvalue weighted by Crippen LogP contribution is 2.46. The van der Waals surface area contributed by atoms with Crippen molar-refractivity contribution in [2.75, 3.05) is 6.61 Å². The summed E-state index contributed by atoms with van der Waals surface area (Å²) < 4.78 is 17.8. The first-order chi connectivity index (χ1) is 14.7. The normalized spacial score (nSPS) is 20.0. The van der Waals surface area contributed by atoms with Gasteiger partial charge in [0.25, 0.3) is 0 Å². The molecule has 2 aliphatic rings. The van der Waals surface area contributed by atoms with E-state index in [1.807, 2.05) is 42.5 Å². The van der Waals surface area contributed by atoms with Crippen LogP contribution in [0.25, 0.3) is 5.70 Å². The van der Waals surface area contributed by atoms with E-state index in [-0.39, 0.29) is 12.3 Å². The van der Waals surface area contributed by atoms with Crippen molar-refractivity contribution in [3.63, 3.8) is 0 Å². The van der Waals surface area contributed by atoms with Crippen molar-refractivity contribution in [2.24, 2.45) is 0 Å². The molecule has 3 aromatic rings. The fourth-order valence-electron chi connectivity index (χ4n) is 3.82. The van der Waals surface area contributed by atoms with Crippen LogP contribution in [0, 0.1) is 0 Å². The second-order valence-corrected chi connectivity index (χ2v) is 7.88. The average molecular weight is 423 g/mol. The molecule has 2 unspecified atom stereocenters. The van der Waals surface area contributed by atoms with Gasteiger partial charge < -0.3 is 19.3 Å². The third-order valence-electron chi connectivity index (χ3n) is 5.37. The standard InChI is InChI=1S/C24H23ClN2O3/c1-2-3-12-28-18-9-6-16(7-10-18)24-27-21(15-20(26-27)23-5-4-13-29-23)19-14-17(25)8-11-22(19)30-24/h4-11,13-15,21,24,26H,2-3,12H2,1H3. The van der Waals surface area contributed by atoms with E-state index in [9.17, 15) is 0 Å². The Bertz CT molecular complexity index is 1050. The lowest BCUT2D eigenvalue weighted by atomic mass is 10.0. The fraction of sp³-hybridized carbons (Fsp3) is 0.250. The highest BCUT2D eigenvalue weighted by atomic mass is 35.5. The summed E-state index contributed by atoms with van der Waals surface area (Å²) in [7, 11) is 0. The predicted molar refractivity (Wildman–Crippen MR) is 116 cm³/mol. The summed E-state index contributed by atoms with van der Waals surface area (Å²) in [5.41, 5.74) is 6.42. The number of hydrogen-bond acceptors (Lipinski definition) is 5. The van der Waals surface area contributed by atoms with E-state index in [1.165, 1.54) is 0 Å². The Hall–Kier alpha value is -2.89. The lowest BCUT2D eigenvalue weighted by Gasteiger charge is -2.39. The lowest BCUT2D eigenvalue weighted by molar-refractivity contribution is -0.0328. The SMILES string of the molecule is CCCCOc1ccc(C2Oc3ccc(Cl)cc3C3C=C(c4ccco4)NN32)cc1. The van der Waals surface area contributed by atoms with Crippen LogP contribution in [0.5, 0.6) is 11.5 Å². The second-order valence-electron chi connectivity index (χ2n) is 7.44. The van der Waals surface area contributed by atoms with Gasteiger partial charge in [0.15, 0.2) is 12.0 Å². The molecule has 0 radical (unpaired) electrons. The fourth-order valence-corrected chi connectivity index (χ4v) is 4.00. The van der Waals surface area contributed by atoms with E-state index in [1.54, 1.807) is 6.26 Å². The summed E-state index contributed by atoms with van der Waals surface area (Å²) in [6.45, 7) is 2.89. The highest BCUT2D eigenvalue weighted by Gasteiger charge is 2.40. The summed E-state index contributed by atoms with van der Waals surface area (Å²) in [6, 6.07) is 17.6. The summed E-state index contributed by atoms with van der Waals surface area (Å²) >= 11 is 6.28. The molecule has 0 saturated heterocycles. The van der Waals surface area contributed by atoms with E-state index in [0.717, 1.165) is 53.5 Å². The molecule has 5 rings (SSSR count). The lowest BCUT2D eigenvalue weighted by Crippen LogP contribution is -2.43. The molecule has 3 heterocycles. The van der Waals surface area contributed by atoms with Gasteiger partial charge >= 0.3 is 0 Å². The predicted octanol–water partition coefficient (Wildman–Crippen LogP) is 6.11. The monoisotopic (exact) mass is 422 g/mol. The van der Waals surface area contributed by atoms with Gasteiger partial charge in [0.1, 0.15) is 11.5 Å². The first-order valence-corrected chi connectivity index (χ1v) is 10.6. The molecule has 0 fully saturated rings. The van der Waals surface area contributed by atoms with Gasteiger partial charge in [-0.2, -0.15) is 5.01 Å². The number of halogens is 1. The molecule has 5 nitrogen and oxygen atoms in total. The topological polar surface area (TPSA) is 46.9 Å². The zero-order valence-corrected chi connectivity index (χ0v) is 17.4. The van der Waals surface area contributed by atoms with E-state index >= 15 is 0 Å². The van der Waals surface area contributed by atoms with Gasteiger partial charge in [-0.3, -0.25) is 0 Å². The molecule has 0 bridgehead atoms. The molecular formula is C24H23ClN2O3. The van der Waals surface area contributed by atoms with Gasteiger partial charge in [0, 0.05) is 16.1 Å². The highest BCUT2D eigenvalue weighted by molar-refractivity contribution is 6.30. The molecule has 6 heteroatoms. The molecule has 2 aromatic carbocycles. The van der Waals surface area contributed by atoms with E-state index in [0.29, 0.717) is 5.02 Å². The minimum absolute atomic E-state index is 0.0296. The molecule has 0 spiro atoms. The second kappa shape index (κ2) is 8.09. The Morgan fingerprint density at radius 1 is 1.13 bits per heavy atom. The van der Waals surface area contributed by atoms with Crippen LogP contribution in [0.3, 0.4) is 0 Å². The van der Waals surface area contributed by atoms with Crippen molar-refractivity contribution in [2.45, 2.75) is 32.0 Å². The van der Waals surface area contributed by atoms with Gasteiger partial charge in [-0.05, 0) is 55.0 Å². The van der Waals surface area contributed by atoms with Crippen LogP contribution < -0.4 is 14.9 Å². The zero-order chi connectivity index (χ0) is 20.5. The largest absolute Gasteiger partial charge is 0.494 e. The molecule has 0 amide bonds. The molecule has 154 valence electrons. The number of nitrogens with zero attached hydrogens (tertiary/aromatic N) is 1. The zero-order valence-electron chi connectivity index (χ0n) is 16.7. The Kier molecular flexibility index (Phi) is 5.15. The third-order valence-corrected chi connectivity index (χ3v) is 5.61. The summed E-state index contributed by atoms with van der Waals surface area (Å²) in [5.74, 6) is 2.48. The molecule has 0 saturated carbocycles. The minimum atomic E-state index is -0.308. The molecule has 0 aliphatic carbocycles. The Labute approximate surface area is 180 Å². The van der Waals surface area contributed by atoms with Crippen molar-refractivity contribution in [3.05, 3.63) is 88.8 Å². The maximum atomic E-state index is 6.39. The van der Waals surface area contributed by atoms with Gasteiger partial charge in [-0.1, -0.05) is 37.1 Å². The molecule has 1 N–H and O–H groups in total. The minimum Gasteiger partial charge on any atom is -0.494 e. The molecule has 2 atom stereocenters.